The Labute approximate surface area is 676 Å². The lowest BCUT2D eigenvalue weighted by Gasteiger charge is -2.38. The van der Waals surface area contributed by atoms with Gasteiger partial charge in [0.2, 0.25) is 0 Å². The maximum absolute atomic E-state index is 3.90. The van der Waals surface area contributed by atoms with Crippen LogP contribution in [0, 0.1) is 62.3 Å². The molecule has 4 heteroatoms. The average molecular weight is 1580 g/mol. The molecule has 0 saturated heterocycles. The summed E-state index contributed by atoms with van der Waals surface area (Å²) in [7, 11) is 0. The molecule has 0 unspecified atom stereocenters. The lowest BCUT2D eigenvalue weighted by atomic mass is 9.70. The first-order valence-electron chi connectivity index (χ1n) is 40.7. The minimum absolute atomic E-state index is 0.000823. The number of hydrogen-bond acceptors (Lipinski definition) is 2. The second-order valence-corrected chi connectivity index (χ2v) is 40.1. The van der Waals surface area contributed by atoms with Crippen LogP contribution >= 0.6 is 31.9 Å². The highest BCUT2D eigenvalue weighted by atomic mass is 79.9. The molecule has 0 aliphatic heterocycles. The SMILES string of the molecule is CC(C)c1cc(Br)c2cc3c4c(cc(Br)c5ccc1c2c54)CCC3(C)C.Cc1ccc(C)c(Cc2cc(C(C)(C)C)ccc2C)c1.Cc1ccc(C)c(N(c2cc(C(C)(C)C)ccc2C)c2cc(C(C)C)c3ccc4c(N(c5cc(C)ccc5C)c5cc(C(C)(C)C)ccc5C)cc5c6c(cc2c3c46)C(C)(C)CC5)c1. The van der Waals surface area contributed by atoms with Crippen molar-refractivity contribution < 1.29 is 0 Å². The molecule has 2 nitrogen and oxygen atoms in total. The van der Waals surface area contributed by atoms with Crippen LogP contribution in [0.1, 0.15) is 254 Å². The van der Waals surface area contributed by atoms with E-state index in [1.54, 1.807) is 0 Å². The van der Waals surface area contributed by atoms with Gasteiger partial charge in [0.15, 0.2) is 0 Å². The van der Waals surface area contributed by atoms with Crippen LogP contribution in [0.3, 0.4) is 0 Å². The van der Waals surface area contributed by atoms with Crippen LogP contribution in [0.4, 0.5) is 34.1 Å². The lowest BCUT2D eigenvalue weighted by molar-refractivity contribution is 0.475. The van der Waals surface area contributed by atoms with Gasteiger partial charge >= 0.3 is 0 Å². The highest BCUT2D eigenvalue weighted by Gasteiger charge is 2.37. The van der Waals surface area contributed by atoms with Crippen molar-refractivity contribution in [3.63, 3.8) is 0 Å². The molecule has 16 rings (SSSR count). The van der Waals surface area contributed by atoms with Gasteiger partial charge < -0.3 is 9.80 Å². The van der Waals surface area contributed by atoms with Crippen molar-refractivity contribution in [2.24, 2.45) is 0 Å². The largest absolute Gasteiger partial charge is 0.309 e. The molecule has 14 aromatic rings. The third-order valence-electron chi connectivity index (χ3n) is 25.2. The summed E-state index contributed by atoms with van der Waals surface area (Å²) in [4.78, 5) is 5.27. The van der Waals surface area contributed by atoms with Crippen LogP contribution in [0.2, 0.25) is 0 Å². The Hall–Kier alpha value is -8.28. The molecule has 0 aromatic heterocycles. The molecule has 0 bridgehead atoms. The Balaban J connectivity index is 0.000000177. The standard InChI is InChI=1S/C62H70N2.C24H22Br2.C20H26/c1-36(2)48-35-56(64(52-30-38(4)18-20-40(52)6)54-33-45(61(12,13)14)24-22-42(54)8)49-34-50-57-43(27-28-62(50,15)16)31-55(47-26-25-46(48)58(49)59(47)57)63(51-29-37(3)17-19-39(51)5)53-32-44(60(9,10)11)23-21-41(53)7;1-12(2)16-11-20(26)17-10-18-21-13(7-8-24(18,3)4)9-19(25)15-6-5-14(16)22(17)23(15)21;1-14-7-8-15(2)17(11-14)12-18-13-19(20(4,5)6)10-9-16(18)3/h17-26,29-36H,27-28H2,1-16H3;5-6,9-12H,7-8H2,1-4H3;7-11,13H,12H2,1-6H3. The van der Waals surface area contributed by atoms with Gasteiger partial charge in [-0.05, 0) is 348 Å². The maximum atomic E-state index is 3.90. The molecule has 0 fully saturated rings. The van der Waals surface area contributed by atoms with E-state index in [9.17, 15) is 0 Å². The van der Waals surface area contributed by atoms with Crippen LogP contribution in [0.15, 0.2) is 179 Å². The summed E-state index contributed by atoms with van der Waals surface area (Å²) in [6, 6.07) is 66.4. The Morgan fingerprint density at radius 2 is 0.673 bits per heavy atom. The number of aryl methyl sites for hydroxylation is 11. The smallest absolute Gasteiger partial charge is 0.0543 e. The summed E-state index contributed by atoms with van der Waals surface area (Å²) in [5.74, 6) is 0.811. The molecule has 0 N–H and O–H groups in total. The maximum Gasteiger partial charge on any atom is 0.0543 e. The molecule has 0 amide bonds. The Bertz CT molecular complexity index is 5960. The van der Waals surface area contributed by atoms with E-state index in [1.807, 2.05) is 0 Å². The van der Waals surface area contributed by atoms with Gasteiger partial charge in [-0.15, -0.1) is 0 Å². The zero-order valence-electron chi connectivity index (χ0n) is 71.0. The monoisotopic (exact) mass is 1580 g/mol. The molecule has 0 radical (unpaired) electrons. The first kappa shape index (κ1) is 78.4. The van der Waals surface area contributed by atoms with Crippen LogP contribution < -0.4 is 9.80 Å². The number of anilines is 6. The number of halogens is 2. The fourth-order valence-electron chi connectivity index (χ4n) is 18.1. The summed E-state index contributed by atoms with van der Waals surface area (Å²) in [6.45, 7) is 60.2. The number of rotatable bonds is 10. The first-order valence-corrected chi connectivity index (χ1v) is 42.3. The van der Waals surface area contributed by atoms with Crippen LogP contribution in [-0.2, 0) is 46.3 Å². The van der Waals surface area contributed by atoms with Gasteiger partial charge in [-0.25, -0.2) is 0 Å². The van der Waals surface area contributed by atoms with E-state index in [-0.39, 0.29) is 27.1 Å². The highest BCUT2D eigenvalue weighted by Crippen LogP contribution is 2.57. The quantitative estimate of drug-likeness (QED) is 0.126. The van der Waals surface area contributed by atoms with Crippen molar-refractivity contribution in [3.05, 3.63) is 290 Å². The molecular formula is C106H118Br2N2. The predicted molar refractivity (Wildman–Crippen MR) is 490 cm³/mol. The second-order valence-electron chi connectivity index (χ2n) is 38.3. The molecule has 2 aliphatic rings. The summed E-state index contributed by atoms with van der Waals surface area (Å²) in [5.41, 5.74) is 35.4. The molecule has 566 valence electrons. The molecule has 0 heterocycles. The summed E-state index contributed by atoms with van der Waals surface area (Å²) < 4.78 is 2.45. The molecule has 0 saturated carbocycles. The summed E-state index contributed by atoms with van der Waals surface area (Å²) in [5, 5.41) is 16.8. The van der Waals surface area contributed by atoms with E-state index in [2.05, 4.69) is 392 Å². The molecule has 110 heavy (non-hydrogen) atoms. The third kappa shape index (κ3) is 14.2. The molecular weight excluding hydrogens is 1460 g/mol. The van der Waals surface area contributed by atoms with Gasteiger partial charge in [-0.2, -0.15) is 0 Å². The summed E-state index contributed by atoms with van der Waals surface area (Å²) >= 11 is 7.77. The fraction of sp³-hybridized carbons (Fsp3) is 0.358. The van der Waals surface area contributed by atoms with Crippen molar-refractivity contribution in [1.82, 2.24) is 0 Å². The van der Waals surface area contributed by atoms with Gasteiger partial charge in [0.05, 0.1) is 11.4 Å². The van der Waals surface area contributed by atoms with Crippen molar-refractivity contribution in [2.75, 3.05) is 9.80 Å². The Morgan fingerprint density at radius 1 is 0.318 bits per heavy atom. The molecule has 2 aliphatic carbocycles. The van der Waals surface area contributed by atoms with E-state index in [0.717, 1.165) is 25.7 Å². The summed E-state index contributed by atoms with van der Waals surface area (Å²) in [6.07, 6.45) is 5.53. The van der Waals surface area contributed by atoms with E-state index in [0.29, 0.717) is 11.8 Å². The highest BCUT2D eigenvalue weighted by molar-refractivity contribution is 9.11. The van der Waals surface area contributed by atoms with Crippen molar-refractivity contribution in [3.8, 4) is 0 Å². The van der Waals surface area contributed by atoms with Crippen molar-refractivity contribution >= 4 is 131 Å². The van der Waals surface area contributed by atoms with Crippen molar-refractivity contribution in [2.45, 2.75) is 251 Å². The zero-order valence-corrected chi connectivity index (χ0v) is 74.2. The molecule has 0 spiro atoms. The Kier molecular flexibility index (Phi) is 20.5. The molecule has 0 atom stereocenters. The van der Waals surface area contributed by atoms with Gasteiger partial charge in [-0.3, -0.25) is 0 Å². The predicted octanol–water partition coefficient (Wildman–Crippen LogP) is 32.3. The van der Waals surface area contributed by atoms with Gasteiger partial charge in [0, 0.05) is 47.9 Å². The lowest BCUT2D eigenvalue weighted by Crippen LogP contribution is -2.24. The minimum Gasteiger partial charge on any atom is -0.309 e. The van der Waals surface area contributed by atoms with E-state index in [4.69, 9.17) is 0 Å². The third-order valence-corrected chi connectivity index (χ3v) is 26.6. The zero-order chi connectivity index (χ0) is 79.2. The number of benzene rings is 14. The normalized spacial score (nSPS) is 14.2. The first-order chi connectivity index (χ1) is 51.6. The molecule has 14 aromatic carbocycles. The minimum atomic E-state index is -0.00805. The van der Waals surface area contributed by atoms with Crippen LogP contribution in [-0.4, -0.2) is 0 Å². The van der Waals surface area contributed by atoms with Crippen LogP contribution in [0.25, 0.3) is 64.6 Å². The van der Waals surface area contributed by atoms with Crippen LogP contribution in [0.5, 0.6) is 0 Å². The Morgan fingerprint density at radius 3 is 1.15 bits per heavy atom. The van der Waals surface area contributed by atoms with Gasteiger partial charge in [-0.1, -0.05) is 264 Å². The number of nitrogens with zero attached hydrogens (tertiary/aromatic N) is 2. The van der Waals surface area contributed by atoms with E-state index >= 15 is 0 Å². The van der Waals surface area contributed by atoms with Gasteiger partial charge in [0.1, 0.15) is 0 Å². The van der Waals surface area contributed by atoms with E-state index < -0.39 is 0 Å². The second kappa shape index (κ2) is 28.7. The topological polar surface area (TPSA) is 6.48 Å². The van der Waals surface area contributed by atoms with Gasteiger partial charge in [0.25, 0.3) is 0 Å². The fourth-order valence-corrected chi connectivity index (χ4v) is 19.3. The van der Waals surface area contributed by atoms with E-state index in [1.165, 1.54) is 225 Å². The van der Waals surface area contributed by atoms with Crippen molar-refractivity contribution in [1.29, 1.82) is 0 Å². The average Bonchev–Trinajstić information content (AvgIpc) is 0.691. The number of hydrogen-bond donors (Lipinski definition) is 0.